The van der Waals surface area contributed by atoms with E-state index in [1.807, 2.05) is 19.1 Å². The zero-order valence-electron chi connectivity index (χ0n) is 21.3. The third-order valence-corrected chi connectivity index (χ3v) is 5.35. The molecule has 0 saturated carbocycles. The third-order valence-electron chi connectivity index (χ3n) is 5.03. The minimum atomic E-state index is -1.20. The maximum atomic E-state index is 12.3. The van der Waals surface area contributed by atoms with Gasteiger partial charge in [-0.25, -0.2) is 4.98 Å². The van der Waals surface area contributed by atoms with Crippen LogP contribution in [-0.2, 0) is 14.4 Å². The average molecular weight is 530 g/mol. The second kappa shape index (κ2) is 16.1. The summed E-state index contributed by atoms with van der Waals surface area (Å²) in [6, 6.07) is 6.64. The smallest absolute Gasteiger partial charge is 1.00 e. The van der Waals surface area contributed by atoms with E-state index in [4.69, 9.17) is 16.7 Å². The van der Waals surface area contributed by atoms with Gasteiger partial charge in [0.1, 0.15) is 10.8 Å². The van der Waals surface area contributed by atoms with Crippen LogP contribution in [0.2, 0.25) is 5.02 Å². The molecule has 0 radical (unpaired) electrons. The predicted octanol–water partition coefficient (Wildman–Crippen LogP) is 0.489. The molecule has 1 aromatic carbocycles. The van der Waals surface area contributed by atoms with E-state index in [1.165, 1.54) is 12.1 Å². The number of hydrogen-bond donors (Lipinski definition) is 4. The van der Waals surface area contributed by atoms with Gasteiger partial charge in [0.25, 0.3) is 5.69 Å². The third kappa shape index (κ3) is 11.3. The molecule has 36 heavy (non-hydrogen) atoms. The average Bonchev–Trinajstić information content (AvgIpc) is 2.79. The molecular weight excluding hydrogens is 501 g/mol. The number of aryl methyl sites for hydroxylation is 1. The molecular formula is C23H29ClN5NaO6. The van der Waals surface area contributed by atoms with E-state index in [1.54, 1.807) is 6.20 Å². The van der Waals surface area contributed by atoms with Crippen LogP contribution in [-0.4, -0.2) is 45.9 Å². The number of anilines is 1. The molecule has 1 heterocycles. The predicted molar refractivity (Wildman–Crippen MR) is 131 cm³/mol. The Labute approximate surface area is 237 Å². The summed E-state index contributed by atoms with van der Waals surface area (Å²) < 4.78 is 0. The largest absolute Gasteiger partial charge is 1.00 e. The molecule has 0 bridgehead atoms. The molecule has 2 rings (SSSR count). The Morgan fingerprint density at radius 2 is 1.92 bits per heavy atom. The van der Waals surface area contributed by atoms with Gasteiger partial charge >= 0.3 is 35.5 Å². The van der Waals surface area contributed by atoms with Crippen LogP contribution in [0.15, 0.2) is 36.5 Å². The van der Waals surface area contributed by atoms with Crippen molar-refractivity contribution in [2.75, 3.05) is 18.4 Å². The summed E-state index contributed by atoms with van der Waals surface area (Å²) in [5.74, 6) is -1.31. The molecule has 0 saturated heterocycles. The van der Waals surface area contributed by atoms with E-state index in [0.717, 1.165) is 36.8 Å². The molecule has 0 aliphatic carbocycles. The zero-order valence-corrected chi connectivity index (χ0v) is 23.0. The molecule has 1 unspecified atom stereocenters. The van der Waals surface area contributed by atoms with Crippen LogP contribution in [0.1, 0.15) is 50.7 Å². The number of rotatable bonds is 14. The van der Waals surface area contributed by atoms with Crippen molar-refractivity contribution in [3.05, 3.63) is 62.8 Å². The quantitative estimate of drug-likeness (QED) is 0.119. The summed E-state index contributed by atoms with van der Waals surface area (Å²) in [5, 5.41) is 28.4. The summed E-state index contributed by atoms with van der Waals surface area (Å²) in [6.07, 6.45) is 3.80. The van der Waals surface area contributed by atoms with Gasteiger partial charge in [0.05, 0.1) is 23.9 Å². The Hall–Kier alpha value is -2.73. The molecule has 1 aromatic heterocycles. The number of nitrogens with one attached hydrogen (secondary N) is 3. The number of nitrogens with zero attached hydrogens (tertiary/aromatic N) is 2. The van der Waals surface area contributed by atoms with E-state index >= 15 is 0 Å². The molecule has 4 N–H and O–H groups in total. The number of aromatic nitrogens is 1. The number of benzene rings is 1. The fourth-order valence-corrected chi connectivity index (χ4v) is 3.45. The Morgan fingerprint density at radius 1 is 1.17 bits per heavy atom. The van der Waals surface area contributed by atoms with Gasteiger partial charge in [-0.2, -0.15) is 0 Å². The second-order valence-corrected chi connectivity index (χ2v) is 8.33. The molecule has 190 valence electrons. The Kier molecular flexibility index (Phi) is 14.0. The summed E-state index contributed by atoms with van der Waals surface area (Å²) in [6.45, 7) is 2.38. The first-order valence-electron chi connectivity index (χ1n) is 11.0. The van der Waals surface area contributed by atoms with Gasteiger partial charge in [0, 0.05) is 25.2 Å². The van der Waals surface area contributed by atoms with Crippen LogP contribution in [0.25, 0.3) is 0 Å². The van der Waals surface area contributed by atoms with Gasteiger partial charge in [-0.15, -0.1) is 0 Å². The van der Waals surface area contributed by atoms with E-state index in [2.05, 4.69) is 20.9 Å². The number of carbonyl (C=O) groups is 3. The van der Waals surface area contributed by atoms with Crippen LogP contribution in [0.4, 0.5) is 11.5 Å². The maximum Gasteiger partial charge on any atom is 1.00 e. The maximum absolute atomic E-state index is 12.3. The van der Waals surface area contributed by atoms with Crippen molar-refractivity contribution in [2.24, 2.45) is 0 Å². The number of hydrogen-bond acceptors (Lipinski definition) is 7. The minimum absolute atomic E-state index is 0. The number of nitro groups is 1. The number of halogens is 1. The van der Waals surface area contributed by atoms with Crippen LogP contribution in [0.5, 0.6) is 0 Å². The fourth-order valence-electron chi connectivity index (χ4n) is 3.26. The van der Waals surface area contributed by atoms with Gasteiger partial charge in [-0.3, -0.25) is 24.5 Å². The summed E-state index contributed by atoms with van der Waals surface area (Å²) in [7, 11) is 0. The number of carbonyl (C=O) groups excluding carboxylic acids is 2. The Morgan fingerprint density at radius 3 is 2.58 bits per heavy atom. The first-order chi connectivity index (χ1) is 16.7. The van der Waals surface area contributed by atoms with E-state index in [-0.39, 0.29) is 60.4 Å². The molecule has 0 aliphatic heterocycles. The fraction of sp³-hybridized carbons (Fsp3) is 0.391. The van der Waals surface area contributed by atoms with Gasteiger partial charge in [-0.1, -0.05) is 24.1 Å². The zero-order chi connectivity index (χ0) is 25.8. The van der Waals surface area contributed by atoms with Gasteiger partial charge in [-0.05, 0) is 49.1 Å². The van der Waals surface area contributed by atoms with E-state index in [9.17, 15) is 24.5 Å². The van der Waals surface area contributed by atoms with Crippen molar-refractivity contribution >= 4 is 40.9 Å². The summed E-state index contributed by atoms with van der Waals surface area (Å²) in [5.41, 5.74) is 0.942. The summed E-state index contributed by atoms with van der Waals surface area (Å²) >= 11 is 5.80. The second-order valence-electron chi connectivity index (χ2n) is 7.92. The Balaban J connectivity index is 0.00000648. The van der Waals surface area contributed by atoms with Gasteiger partial charge in [0.2, 0.25) is 11.8 Å². The minimum Gasteiger partial charge on any atom is -1.00 e. The normalized spacial score (nSPS) is 11.1. The van der Waals surface area contributed by atoms with Crippen molar-refractivity contribution in [3.63, 3.8) is 0 Å². The van der Waals surface area contributed by atoms with Crippen LogP contribution in [0.3, 0.4) is 0 Å². The first kappa shape index (κ1) is 31.3. The van der Waals surface area contributed by atoms with Crippen molar-refractivity contribution in [3.8, 4) is 0 Å². The monoisotopic (exact) mass is 529 g/mol. The van der Waals surface area contributed by atoms with Crippen LogP contribution in [0, 0.1) is 17.0 Å². The number of amides is 2. The summed E-state index contributed by atoms with van der Waals surface area (Å²) in [4.78, 5) is 50.2. The van der Waals surface area contributed by atoms with Crippen molar-refractivity contribution < 1.29 is 55.4 Å². The molecule has 0 spiro atoms. The van der Waals surface area contributed by atoms with Crippen molar-refractivity contribution in [1.29, 1.82) is 0 Å². The van der Waals surface area contributed by atoms with Crippen molar-refractivity contribution in [2.45, 2.75) is 45.1 Å². The number of carboxylic acids is 1. The number of pyridine rings is 1. The molecule has 2 aromatic rings. The Bertz CT molecular complexity index is 1080. The van der Waals surface area contributed by atoms with Crippen LogP contribution >= 0.6 is 11.6 Å². The standard InChI is InChI=1S/C23H28ClN5O6.Na.H/c1-15-8-10-26-20(11-15)25-9-4-2-3-5-21(30)27-14-22(31)28-18(13-23(32)33)16-6-7-17(24)19(12-16)29(34)35;;/h6-8,10-12,18H,2-5,9,13-14H2,1H3,(H,25,26)(H,27,30)(H,28,31)(H,32,33);;/q;+1;-1. The van der Waals surface area contributed by atoms with Gasteiger partial charge < -0.3 is 22.5 Å². The van der Waals surface area contributed by atoms with Crippen LogP contribution < -0.4 is 45.5 Å². The SMILES string of the molecule is Cc1ccnc(NCCCCCC(=O)NCC(=O)NC(CC(=O)O)c2ccc(Cl)c([N+](=O)[O-])c2)c1.[H-].[Na+]. The van der Waals surface area contributed by atoms with Crippen molar-refractivity contribution in [1.82, 2.24) is 15.6 Å². The van der Waals surface area contributed by atoms with Gasteiger partial charge in [0.15, 0.2) is 0 Å². The first-order valence-corrected chi connectivity index (χ1v) is 11.4. The topological polar surface area (TPSA) is 164 Å². The molecule has 11 nitrogen and oxygen atoms in total. The molecule has 0 fully saturated rings. The molecule has 1 atom stereocenters. The van der Waals surface area contributed by atoms with E-state index < -0.39 is 34.9 Å². The molecule has 13 heteroatoms. The molecule has 0 aliphatic rings. The van der Waals surface area contributed by atoms with E-state index in [0.29, 0.717) is 6.42 Å². The molecule has 2 amide bonds. The number of aliphatic carboxylic acids is 1. The number of nitro benzene ring substituents is 1. The number of carboxylic acid groups (broad SMARTS) is 1. The number of unbranched alkanes of at least 4 members (excludes halogenated alkanes) is 2.